The fourth-order valence-electron chi connectivity index (χ4n) is 2.54. The van der Waals surface area contributed by atoms with Gasteiger partial charge in [-0.15, -0.1) is 0 Å². The van der Waals surface area contributed by atoms with Gasteiger partial charge in [0, 0.05) is 38.3 Å². The fraction of sp³-hybridized carbons (Fsp3) is 0.611. The minimum absolute atomic E-state index is 0.152. The Balaban J connectivity index is 0.00000176. The number of nitrogens with zero attached hydrogens (tertiary/aromatic N) is 3. The molecule has 0 saturated carbocycles. The Morgan fingerprint density at radius 2 is 1.74 bits per heavy atom. The molecule has 1 fully saturated rings. The average molecular weight is 402 g/mol. The number of halogens is 1. The number of methoxy groups -OCH3 is 1. The Morgan fingerprint density at radius 3 is 2.19 bits per heavy atom. The van der Waals surface area contributed by atoms with Crippen molar-refractivity contribution in [1.82, 2.24) is 4.90 Å². The molecule has 1 aromatic rings. The normalized spacial score (nSPS) is 14.2. The van der Waals surface area contributed by atoms with Gasteiger partial charge in [0.25, 0.3) is 0 Å². The van der Waals surface area contributed by atoms with Gasteiger partial charge in [0.05, 0.1) is 22.7 Å². The number of nitro benzene ring substituents is 1. The zero-order chi connectivity index (χ0) is 20.8. The molecule has 0 bridgehead atoms. The van der Waals surface area contributed by atoms with Gasteiger partial charge in [-0.3, -0.25) is 10.1 Å². The smallest absolute Gasteiger partial charge is 0.410 e. The zero-order valence-electron chi connectivity index (χ0n) is 16.7. The van der Waals surface area contributed by atoms with Crippen molar-refractivity contribution in [3.05, 3.63) is 27.3 Å². The molecule has 1 heterocycles. The number of rotatable bonds is 3. The highest BCUT2D eigenvalue weighted by atomic mass is 35.5. The molecule has 8 nitrogen and oxygen atoms in total. The molecule has 1 amide bonds. The molecular formula is C18H28ClN3O5. The minimum Gasteiger partial charge on any atom is -0.490 e. The van der Waals surface area contributed by atoms with Crippen LogP contribution in [0.3, 0.4) is 0 Å². The lowest BCUT2D eigenvalue weighted by Crippen LogP contribution is -2.50. The minimum atomic E-state index is -0.538. The summed E-state index contributed by atoms with van der Waals surface area (Å²) in [7, 11) is 1.38. The molecule has 9 heteroatoms. The highest BCUT2D eigenvalue weighted by molar-refractivity contribution is 6.33. The maximum absolute atomic E-state index is 12.1. The molecule has 0 unspecified atom stereocenters. The van der Waals surface area contributed by atoms with E-state index in [1.165, 1.54) is 13.2 Å². The van der Waals surface area contributed by atoms with Gasteiger partial charge in [0.2, 0.25) is 0 Å². The first-order valence-electron chi connectivity index (χ1n) is 8.87. The average Bonchev–Trinajstić information content (AvgIpc) is 2.62. The van der Waals surface area contributed by atoms with Crippen LogP contribution in [0.15, 0.2) is 12.1 Å². The Morgan fingerprint density at radius 1 is 1.19 bits per heavy atom. The van der Waals surface area contributed by atoms with Gasteiger partial charge in [-0.1, -0.05) is 25.4 Å². The van der Waals surface area contributed by atoms with Crippen molar-refractivity contribution in [2.45, 2.75) is 40.2 Å². The second-order valence-electron chi connectivity index (χ2n) is 6.69. The van der Waals surface area contributed by atoms with E-state index < -0.39 is 10.5 Å². The lowest BCUT2D eigenvalue weighted by Gasteiger charge is -2.37. The predicted octanol–water partition coefficient (Wildman–Crippen LogP) is 4.34. The van der Waals surface area contributed by atoms with Gasteiger partial charge < -0.3 is 19.3 Å². The van der Waals surface area contributed by atoms with Gasteiger partial charge in [-0.05, 0) is 20.8 Å². The van der Waals surface area contributed by atoms with Crippen LogP contribution >= 0.6 is 11.6 Å². The molecular weight excluding hydrogens is 374 g/mol. The summed E-state index contributed by atoms with van der Waals surface area (Å²) in [4.78, 5) is 26.2. The van der Waals surface area contributed by atoms with Crippen LogP contribution in [0.1, 0.15) is 34.6 Å². The van der Waals surface area contributed by atoms with Crippen molar-refractivity contribution in [3.63, 3.8) is 0 Å². The van der Waals surface area contributed by atoms with Crippen molar-refractivity contribution in [2.24, 2.45) is 0 Å². The highest BCUT2D eigenvalue weighted by Crippen LogP contribution is 2.38. The van der Waals surface area contributed by atoms with Crippen molar-refractivity contribution in [2.75, 3.05) is 38.2 Å². The number of piperazine rings is 1. The molecule has 2 rings (SSSR count). The van der Waals surface area contributed by atoms with Crippen molar-refractivity contribution >= 4 is 29.1 Å². The number of anilines is 1. The topological polar surface area (TPSA) is 85.2 Å². The first-order chi connectivity index (χ1) is 12.6. The number of carbonyl (C=O) groups is 1. The van der Waals surface area contributed by atoms with E-state index in [9.17, 15) is 14.9 Å². The first-order valence-corrected chi connectivity index (χ1v) is 9.25. The third-order valence-corrected chi connectivity index (χ3v) is 4.02. The monoisotopic (exact) mass is 401 g/mol. The highest BCUT2D eigenvalue weighted by Gasteiger charge is 2.28. The molecule has 0 aliphatic carbocycles. The Hall–Kier alpha value is -2.22. The van der Waals surface area contributed by atoms with Crippen molar-refractivity contribution in [1.29, 1.82) is 0 Å². The van der Waals surface area contributed by atoms with Crippen LogP contribution in [-0.4, -0.2) is 54.8 Å². The molecule has 0 radical (unpaired) electrons. The molecule has 1 aliphatic heterocycles. The maximum Gasteiger partial charge on any atom is 0.410 e. The SMILES string of the molecule is CC.COc1cc(N2CCN(C(=O)OC(C)(C)C)CC2)c(Cl)cc1[N+](=O)[O-]. The third-order valence-electron chi connectivity index (χ3n) is 3.72. The second kappa shape index (κ2) is 9.64. The zero-order valence-corrected chi connectivity index (χ0v) is 17.5. The summed E-state index contributed by atoms with van der Waals surface area (Å²) in [5.41, 5.74) is -0.0694. The summed E-state index contributed by atoms with van der Waals surface area (Å²) in [5.74, 6) is 0.152. The Kier molecular flexibility index (Phi) is 8.15. The van der Waals surface area contributed by atoms with Crippen LogP contribution < -0.4 is 9.64 Å². The van der Waals surface area contributed by atoms with E-state index in [1.54, 1.807) is 11.0 Å². The molecule has 0 N–H and O–H groups in total. The maximum atomic E-state index is 12.1. The number of hydrogen-bond acceptors (Lipinski definition) is 6. The molecule has 1 saturated heterocycles. The summed E-state index contributed by atoms with van der Waals surface area (Å²) in [6, 6.07) is 2.85. The number of ether oxygens (including phenoxy) is 2. The fourth-order valence-corrected chi connectivity index (χ4v) is 2.81. The number of amides is 1. The predicted molar refractivity (Wildman–Crippen MR) is 106 cm³/mol. The van der Waals surface area contributed by atoms with E-state index in [1.807, 2.05) is 39.5 Å². The lowest BCUT2D eigenvalue weighted by atomic mass is 10.2. The van der Waals surface area contributed by atoms with E-state index in [-0.39, 0.29) is 22.6 Å². The van der Waals surface area contributed by atoms with Crippen LogP contribution in [0.5, 0.6) is 5.75 Å². The molecule has 0 atom stereocenters. The van der Waals surface area contributed by atoms with Gasteiger partial charge in [-0.2, -0.15) is 0 Å². The summed E-state index contributed by atoms with van der Waals surface area (Å²) in [5, 5.41) is 11.3. The van der Waals surface area contributed by atoms with Crippen LogP contribution in [0.25, 0.3) is 0 Å². The van der Waals surface area contributed by atoms with Gasteiger partial charge >= 0.3 is 11.8 Å². The van der Waals surface area contributed by atoms with E-state index >= 15 is 0 Å². The van der Waals surface area contributed by atoms with Crippen LogP contribution in [0.4, 0.5) is 16.2 Å². The van der Waals surface area contributed by atoms with E-state index in [2.05, 4.69) is 0 Å². The standard InChI is InChI=1S/C16H22ClN3O5.C2H6/c1-16(2,3)25-15(21)19-7-5-18(6-8-19)12-10-14(24-4)13(20(22)23)9-11(12)17;1-2/h9-10H,5-8H2,1-4H3;1-2H3. The molecule has 27 heavy (non-hydrogen) atoms. The van der Waals surface area contributed by atoms with Crippen LogP contribution in [0, 0.1) is 10.1 Å². The van der Waals surface area contributed by atoms with Gasteiger partial charge in [-0.25, -0.2) is 4.79 Å². The van der Waals surface area contributed by atoms with Crippen LogP contribution in [0.2, 0.25) is 5.02 Å². The number of hydrogen-bond donors (Lipinski definition) is 0. The summed E-state index contributed by atoms with van der Waals surface area (Å²) in [6.07, 6.45) is -0.348. The van der Waals surface area contributed by atoms with Crippen LogP contribution in [-0.2, 0) is 4.74 Å². The van der Waals surface area contributed by atoms with Crippen molar-refractivity contribution < 1.29 is 19.2 Å². The van der Waals surface area contributed by atoms with E-state index in [0.717, 1.165) is 0 Å². The molecule has 152 valence electrons. The van der Waals surface area contributed by atoms with Gasteiger partial charge in [0.1, 0.15) is 5.60 Å². The van der Waals surface area contributed by atoms with E-state index in [4.69, 9.17) is 21.1 Å². The third kappa shape index (κ3) is 6.16. The molecule has 0 spiro atoms. The summed E-state index contributed by atoms with van der Waals surface area (Å²) < 4.78 is 10.5. The quantitative estimate of drug-likeness (QED) is 0.553. The Bertz CT molecular complexity index is 668. The number of nitro groups is 1. The van der Waals surface area contributed by atoms with Gasteiger partial charge in [0.15, 0.2) is 5.75 Å². The number of benzene rings is 1. The lowest BCUT2D eigenvalue weighted by molar-refractivity contribution is -0.385. The largest absolute Gasteiger partial charge is 0.490 e. The molecule has 1 aliphatic rings. The summed E-state index contributed by atoms with van der Waals surface area (Å²) >= 11 is 6.21. The molecule has 1 aromatic carbocycles. The van der Waals surface area contributed by atoms with E-state index in [0.29, 0.717) is 31.9 Å². The first kappa shape index (κ1) is 22.8. The summed E-state index contributed by atoms with van der Waals surface area (Å²) in [6.45, 7) is 11.5. The van der Waals surface area contributed by atoms with Crippen molar-refractivity contribution in [3.8, 4) is 5.75 Å². The molecule has 0 aromatic heterocycles. The Labute approximate surface area is 165 Å². The second-order valence-corrected chi connectivity index (χ2v) is 7.09. The number of carbonyl (C=O) groups excluding carboxylic acids is 1.